The highest BCUT2D eigenvalue weighted by Crippen LogP contribution is 2.24. The average molecular weight is 260 g/mol. The van der Waals surface area contributed by atoms with Crippen LogP contribution in [0, 0.1) is 0 Å². The Morgan fingerprint density at radius 2 is 2.00 bits per heavy atom. The Hall–Kier alpha value is -1.48. The number of nitrogens with one attached hydrogen (secondary N) is 1. The van der Waals surface area contributed by atoms with Crippen molar-refractivity contribution in [1.82, 2.24) is 4.98 Å². The number of ether oxygens (including phenoxy) is 1. The van der Waals surface area contributed by atoms with E-state index in [1.54, 1.807) is 0 Å². The van der Waals surface area contributed by atoms with Crippen molar-refractivity contribution in [3.05, 3.63) is 30.0 Å². The molecule has 0 amide bonds. The molecule has 0 fully saturated rings. The number of hydrogen-bond donors (Lipinski definition) is 2. The molecule has 0 unspecified atom stereocenters. The van der Waals surface area contributed by atoms with Crippen LogP contribution in [0.5, 0.6) is 5.75 Å². The maximum atomic E-state index is 5.82. The minimum atomic E-state index is 0.794. The molecule has 19 heavy (non-hydrogen) atoms. The Bertz CT molecular complexity index is 504. The van der Waals surface area contributed by atoms with E-state index in [-0.39, 0.29) is 0 Å². The van der Waals surface area contributed by atoms with Crippen LogP contribution in [0.4, 0.5) is 0 Å². The zero-order valence-electron chi connectivity index (χ0n) is 11.7. The van der Waals surface area contributed by atoms with E-state index >= 15 is 0 Å². The summed E-state index contributed by atoms with van der Waals surface area (Å²) in [4.78, 5) is 3.29. The molecule has 104 valence electrons. The van der Waals surface area contributed by atoms with Crippen LogP contribution < -0.4 is 10.5 Å². The molecule has 1 aromatic heterocycles. The highest BCUT2D eigenvalue weighted by molar-refractivity contribution is 5.84. The van der Waals surface area contributed by atoms with Gasteiger partial charge in [-0.1, -0.05) is 19.8 Å². The van der Waals surface area contributed by atoms with Gasteiger partial charge >= 0.3 is 0 Å². The van der Waals surface area contributed by atoms with Gasteiger partial charge in [-0.15, -0.1) is 0 Å². The number of unbranched alkanes of at least 4 members (excludes halogenated alkanes) is 3. The standard InChI is InChI=1S/C16H24N2O/c1-2-13-12-18-16-8-7-14(11-15(13)16)19-10-6-4-3-5-9-17/h7-8,11-12,18H,2-6,9-10,17H2,1H3. The summed E-state index contributed by atoms with van der Waals surface area (Å²) in [6.45, 7) is 3.76. The van der Waals surface area contributed by atoms with Crippen LogP contribution in [-0.4, -0.2) is 18.1 Å². The van der Waals surface area contributed by atoms with E-state index in [2.05, 4.69) is 30.2 Å². The van der Waals surface area contributed by atoms with Gasteiger partial charge in [0, 0.05) is 17.1 Å². The molecule has 0 atom stereocenters. The second-order valence-electron chi connectivity index (χ2n) is 4.93. The smallest absolute Gasteiger partial charge is 0.120 e. The quantitative estimate of drug-likeness (QED) is 0.712. The molecule has 3 nitrogen and oxygen atoms in total. The van der Waals surface area contributed by atoms with Gasteiger partial charge in [0.2, 0.25) is 0 Å². The van der Waals surface area contributed by atoms with Gasteiger partial charge in [0.05, 0.1) is 6.61 Å². The minimum Gasteiger partial charge on any atom is -0.494 e. The summed E-state index contributed by atoms with van der Waals surface area (Å²) in [7, 11) is 0. The SMILES string of the molecule is CCc1c[nH]c2ccc(OCCCCCCN)cc12. The summed E-state index contributed by atoms with van der Waals surface area (Å²) in [5.74, 6) is 0.973. The number of benzene rings is 1. The molecule has 3 heteroatoms. The first-order valence-corrected chi connectivity index (χ1v) is 7.28. The Labute approximate surface area is 115 Å². The number of fused-ring (bicyclic) bond motifs is 1. The Kier molecular flexibility index (Phi) is 5.28. The van der Waals surface area contributed by atoms with Crippen LogP contribution >= 0.6 is 0 Å². The number of aromatic nitrogens is 1. The van der Waals surface area contributed by atoms with E-state index in [1.807, 2.05) is 6.07 Å². The van der Waals surface area contributed by atoms with Crippen molar-refractivity contribution in [3.63, 3.8) is 0 Å². The van der Waals surface area contributed by atoms with Crippen LogP contribution in [-0.2, 0) is 6.42 Å². The van der Waals surface area contributed by atoms with Crippen molar-refractivity contribution in [2.45, 2.75) is 39.0 Å². The lowest BCUT2D eigenvalue weighted by molar-refractivity contribution is 0.305. The summed E-state index contributed by atoms with van der Waals surface area (Å²) in [6.07, 6.45) is 7.76. The summed E-state index contributed by atoms with van der Waals surface area (Å²) >= 11 is 0. The van der Waals surface area contributed by atoms with E-state index in [9.17, 15) is 0 Å². The third kappa shape index (κ3) is 3.74. The van der Waals surface area contributed by atoms with E-state index in [1.165, 1.54) is 29.3 Å². The zero-order valence-corrected chi connectivity index (χ0v) is 11.7. The highest BCUT2D eigenvalue weighted by Gasteiger charge is 2.03. The second-order valence-corrected chi connectivity index (χ2v) is 4.93. The summed E-state index contributed by atoms with van der Waals surface area (Å²) in [6, 6.07) is 6.28. The van der Waals surface area contributed by atoms with Gasteiger partial charge in [-0.25, -0.2) is 0 Å². The summed E-state index contributed by atoms with van der Waals surface area (Å²) in [5.41, 5.74) is 8.01. The summed E-state index contributed by atoms with van der Waals surface area (Å²) in [5, 5.41) is 1.28. The highest BCUT2D eigenvalue weighted by atomic mass is 16.5. The number of rotatable bonds is 8. The predicted octanol–water partition coefficient (Wildman–Crippen LogP) is 3.63. The lowest BCUT2D eigenvalue weighted by Crippen LogP contribution is -2.00. The fourth-order valence-corrected chi connectivity index (χ4v) is 2.33. The lowest BCUT2D eigenvalue weighted by Gasteiger charge is -2.06. The van der Waals surface area contributed by atoms with Gasteiger partial charge in [0.15, 0.2) is 0 Å². The average Bonchev–Trinajstić information content (AvgIpc) is 2.85. The molecule has 0 aliphatic carbocycles. The topological polar surface area (TPSA) is 51.0 Å². The van der Waals surface area contributed by atoms with Gasteiger partial charge < -0.3 is 15.5 Å². The number of hydrogen-bond acceptors (Lipinski definition) is 2. The maximum Gasteiger partial charge on any atom is 0.120 e. The van der Waals surface area contributed by atoms with Gasteiger partial charge in [0.25, 0.3) is 0 Å². The number of aryl methyl sites for hydroxylation is 1. The predicted molar refractivity (Wildman–Crippen MR) is 80.7 cm³/mol. The van der Waals surface area contributed by atoms with Gasteiger partial charge in [-0.3, -0.25) is 0 Å². The maximum absolute atomic E-state index is 5.82. The van der Waals surface area contributed by atoms with Crippen molar-refractivity contribution < 1.29 is 4.74 Å². The van der Waals surface area contributed by atoms with Crippen LogP contribution in [0.25, 0.3) is 10.9 Å². The normalized spacial score (nSPS) is 11.1. The van der Waals surface area contributed by atoms with Gasteiger partial charge in [-0.05, 0) is 49.6 Å². The largest absolute Gasteiger partial charge is 0.494 e. The number of nitrogens with two attached hydrogens (primary N) is 1. The zero-order chi connectivity index (χ0) is 13.5. The van der Waals surface area contributed by atoms with Crippen LogP contribution in [0.1, 0.15) is 38.2 Å². The van der Waals surface area contributed by atoms with Crippen molar-refractivity contribution in [1.29, 1.82) is 0 Å². The Morgan fingerprint density at radius 3 is 2.79 bits per heavy atom. The molecular formula is C16H24N2O. The van der Waals surface area contributed by atoms with E-state index in [4.69, 9.17) is 10.5 Å². The molecule has 1 heterocycles. The van der Waals surface area contributed by atoms with Crippen LogP contribution in [0.2, 0.25) is 0 Å². The van der Waals surface area contributed by atoms with Crippen LogP contribution in [0.3, 0.4) is 0 Å². The fraction of sp³-hybridized carbons (Fsp3) is 0.500. The molecule has 0 saturated carbocycles. The van der Waals surface area contributed by atoms with Gasteiger partial charge in [0.1, 0.15) is 5.75 Å². The second kappa shape index (κ2) is 7.19. The van der Waals surface area contributed by atoms with Crippen molar-refractivity contribution in [2.75, 3.05) is 13.2 Å². The monoisotopic (exact) mass is 260 g/mol. The third-order valence-electron chi connectivity index (χ3n) is 3.49. The molecule has 1 aromatic carbocycles. The summed E-state index contributed by atoms with van der Waals surface area (Å²) < 4.78 is 5.82. The third-order valence-corrected chi connectivity index (χ3v) is 3.49. The Balaban J connectivity index is 1.86. The van der Waals surface area contributed by atoms with Gasteiger partial charge in [-0.2, -0.15) is 0 Å². The molecule has 2 aromatic rings. The molecule has 2 rings (SSSR count). The van der Waals surface area contributed by atoms with Crippen molar-refractivity contribution in [2.24, 2.45) is 5.73 Å². The van der Waals surface area contributed by atoms with E-state index in [0.29, 0.717) is 0 Å². The molecule has 0 aliphatic heterocycles. The lowest BCUT2D eigenvalue weighted by atomic mass is 10.1. The first kappa shape index (κ1) is 13.9. The first-order valence-electron chi connectivity index (χ1n) is 7.28. The van der Waals surface area contributed by atoms with Crippen molar-refractivity contribution >= 4 is 10.9 Å². The van der Waals surface area contributed by atoms with E-state index in [0.717, 1.165) is 38.2 Å². The van der Waals surface area contributed by atoms with Crippen LogP contribution in [0.15, 0.2) is 24.4 Å². The molecule has 0 spiro atoms. The molecule has 0 saturated heterocycles. The molecular weight excluding hydrogens is 236 g/mol. The van der Waals surface area contributed by atoms with E-state index < -0.39 is 0 Å². The molecule has 0 aliphatic rings. The molecule has 0 bridgehead atoms. The molecule has 3 N–H and O–H groups in total. The fourth-order valence-electron chi connectivity index (χ4n) is 2.33. The molecule has 0 radical (unpaired) electrons. The first-order chi connectivity index (χ1) is 9.35. The number of aromatic amines is 1. The van der Waals surface area contributed by atoms with Crippen molar-refractivity contribution in [3.8, 4) is 5.75 Å². The number of H-pyrrole nitrogens is 1. The Morgan fingerprint density at radius 1 is 1.16 bits per heavy atom. The minimum absolute atomic E-state index is 0.794.